The van der Waals surface area contributed by atoms with Gasteiger partial charge in [-0.1, -0.05) is 12.1 Å². The van der Waals surface area contributed by atoms with Gasteiger partial charge in [0.1, 0.15) is 5.82 Å². The van der Waals surface area contributed by atoms with Crippen LogP contribution in [0.3, 0.4) is 0 Å². The number of thiophene rings is 1. The monoisotopic (exact) mass is 327 g/mol. The average Bonchev–Trinajstić information content (AvgIpc) is 3.13. The first kappa shape index (κ1) is 15.7. The molecule has 0 aliphatic carbocycles. The third kappa shape index (κ3) is 4.42. The molecule has 120 valence electrons. The lowest BCUT2D eigenvalue weighted by Crippen LogP contribution is -2.32. The molecule has 2 aromatic heterocycles. The molecule has 1 N–H and O–H groups in total. The highest BCUT2D eigenvalue weighted by Crippen LogP contribution is 2.21. The normalized spacial score (nSPS) is 15.0. The number of aromatic nitrogens is 1. The van der Waals surface area contributed by atoms with Crippen molar-refractivity contribution >= 4 is 29.1 Å². The molecule has 5 heteroatoms. The molecule has 0 unspecified atom stereocenters. The number of anilines is 1. The number of hydrogen-bond acceptors (Lipinski definition) is 4. The van der Waals surface area contributed by atoms with Gasteiger partial charge in [-0.2, -0.15) is 0 Å². The summed E-state index contributed by atoms with van der Waals surface area (Å²) in [5.41, 5.74) is 1.08. The maximum absolute atomic E-state index is 12.0. The van der Waals surface area contributed by atoms with Crippen LogP contribution in [0.5, 0.6) is 0 Å². The number of carbonyl (C=O) groups is 1. The first-order valence-corrected chi connectivity index (χ1v) is 8.89. The first-order chi connectivity index (χ1) is 11.3. The Morgan fingerprint density at radius 3 is 2.91 bits per heavy atom. The lowest BCUT2D eigenvalue weighted by Gasteiger charge is -2.29. The second-order valence-electron chi connectivity index (χ2n) is 5.60. The van der Waals surface area contributed by atoms with E-state index in [0.717, 1.165) is 29.3 Å². The summed E-state index contributed by atoms with van der Waals surface area (Å²) in [5, 5.41) is 4.95. The summed E-state index contributed by atoms with van der Waals surface area (Å²) in [7, 11) is 0. The summed E-state index contributed by atoms with van der Waals surface area (Å²) in [6, 6.07) is 7.93. The van der Waals surface area contributed by atoms with Gasteiger partial charge in [0.2, 0.25) is 5.91 Å². The summed E-state index contributed by atoms with van der Waals surface area (Å²) in [4.78, 5) is 19.9. The zero-order valence-electron chi connectivity index (χ0n) is 13.1. The SMILES string of the molecule is O=C(/C=C/c1cccs1)NCc1cccnc1N1CCCCC1. The van der Waals surface area contributed by atoms with E-state index < -0.39 is 0 Å². The van der Waals surface area contributed by atoms with Crippen molar-refractivity contribution in [2.45, 2.75) is 25.8 Å². The third-order valence-corrected chi connectivity index (χ3v) is 4.76. The van der Waals surface area contributed by atoms with Gasteiger partial charge >= 0.3 is 0 Å². The summed E-state index contributed by atoms with van der Waals surface area (Å²) in [6.45, 7) is 2.61. The van der Waals surface area contributed by atoms with E-state index in [9.17, 15) is 4.79 Å². The topological polar surface area (TPSA) is 45.2 Å². The van der Waals surface area contributed by atoms with Crippen LogP contribution in [0, 0.1) is 0 Å². The highest BCUT2D eigenvalue weighted by molar-refractivity contribution is 7.10. The van der Waals surface area contributed by atoms with E-state index in [1.165, 1.54) is 19.3 Å². The van der Waals surface area contributed by atoms with Gasteiger partial charge < -0.3 is 10.2 Å². The number of rotatable bonds is 5. The van der Waals surface area contributed by atoms with Crippen LogP contribution in [0.1, 0.15) is 29.7 Å². The van der Waals surface area contributed by atoms with Crippen LogP contribution in [-0.2, 0) is 11.3 Å². The Bertz CT molecular complexity index is 661. The predicted molar refractivity (Wildman–Crippen MR) is 95.5 cm³/mol. The minimum absolute atomic E-state index is 0.0770. The first-order valence-electron chi connectivity index (χ1n) is 8.01. The summed E-state index contributed by atoms with van der Waals surface area (Å²) >= 11 is 1.62. The fourth-order valence-electron chi connectivity index (χ4n) is 2.74. The Balaban J connectivity index is 1.60. The number of nitrogens with zero attached hydrogens (tertiary/aromatic N) is 2. The number of amides is 1. The zero-order chi connectivity index (χ0) is 15.9. The fraction of sp³-hybridized carbons (Fsp3) is 0.333. The van der Waals surface area contributed by atoms with Gasteiger partial charge in [0, 0.05) is 42.3 Å². The minimum Gasteiger partial charge on any atom is -0.356 e. The Hall–Kier alpha value is -2.14. The second-order valence-corrected chi connectivity index (χ2v) is 6.58. The lowest BCUT2D eigenvalue weighted by atomic mass is 10.1. The molecule has 1 fully saturated rings. The second kappa shape index (κ2) is 7.92. The van der Waals surface area contributed by atoms with Gasteiger partial charge in [0.15, 0.2) is 0 Å². The maximum atomic E-state index is 12.0. The molecule has 2 aromatic rings. The van der Waals surface area contributed by atoms with Crippen molar-refractivity contribution < 1.29 is 4.79 Å². The maximum Gasteiger partial charge on any atom is 0.244 e. The molecule has 0 spiro atoms. The van der Waals surface area contributed by atoms with Crippen molar-refractivity contribution in [2.24, 2.45) is 0 Å². The van der Waals surface area contributed by atoms with Crippen molar-refractivity contribution in [3.05, 3.63) is 52.4 Å². The van der Waals surface area contributed by atoms with Gasteiger partial charge in [0.05, 0.1) is 0 Å². The standard InChI is InChI=1S/C18H21N3OS/c22-17(9-8-16-7-5-13-23-16)20-14-15-6-4-10-19-18(15)21-11-2-1-3-12-21/h4-10,13H,1-3,11-12,14H2,(H,20,22)/b9-8+. The van der Waals surface area contributed by atoms with E-state index in [-0.39, 0.29) is 5.91 Å². The van der Waals surface area contributed by atoms with Crippen molar-refractivity contribution in [3.8, 4) is 0 Å². The number of pyridine rings is 1. The van der Waals surface area contributed by atoms with Gasteiger partial charge in [-0.05, 0) is 42.9 Å². The van der Waals surface area contributed by atoms with Crippen LogP contribution in [0.25, 0.3) is 6.08 Å². The molecule has 4 nitrogen and oxygen atoms in total. The van der Waals surface area contributed by atoms with E-state index in [2.05, 4.69) is 15.2 Å². The number of nitrogens with one attached hydrogen (secondary N) is 1. The Labute approximate surface area is 140 Å². The molecule has 3 heterocycles. The quantitative estimate of drug-likeness (QED) is 0.855. The fourth-order valence-corrected chi connectivity index (χ4v) is 3.36. The number of hydrogen-bond donors (Lipinski definition) is 1. The van der Waals surface area contributed by atoms with E-state index in [0.29, 0.717) is 6.54 Å². The molecule has 23 heavy (non-hydrogen) atoms. The minimum atomic E-state index is -0.0770. The molecular weight excluding hydrogens is 306 g/mol. The molecular formula is C18H21N3OS. The molecule has 1 aliphatic heterocycles. The average molecular weight is 327 g/mol. The predicted octanol–water partition coefficient (Wildman–Crippen LogP) is 3.46. The van der Waals surface area contributed by atoms with Crippen molar-refractivity contribution in [1.29, 1.82) is 0 Å². The number of carbonyl (C=O) groups excluding carboxylic acids is 1. The largest absolute Gasteiger partial charge is 0.356 e. The summed E-state index contributed by atoms with van der Waals surface area (Å²) in [6.07, 6.45) is 8.98. The molecule has 1 amide bonds. The van der Waals surface area contributed by atoms with Crippen LogP contribution < -0.4 is 10.2 Å². The Kier molecular flexibility index (Phi) is 5.42. The van der Waals surface area contributed by atoms with Crippen LogP contribution >= 0.6 is 11.3 Å². The van der Waals surface area contributed by atoms with Crippen LogP contribution in [0.2, 0.25) is 0 Å². The third-order valence-electron chi connectivity index (χ3n) is 3.92. The van der Waals surface area contributed by atoms with E-state index in [1.54, 1.807) is 17.4 Å². The molecule has 1 aliphatic rings. The molecule has 0 atom stereocenters. The Morgan fingerprint density at radius 1 is 1.26 bits per heavy atom. The van der Waals surface area contributed by atoms with E-state index in [4.69, 9.17) is 0 Å². The van der Waals surface area contributed by atoms with Crippen LogP contribution in [-0.4, -0.2) is 24.0 Å². The van der Waals surface area contributed by atoms with Gasteiger partial charge in [-0.15, -0.1) is 11.3 Å². The van der Waals surface area contributed by atoms with E-state index in [1.807, 2.05) is 41.9 Å². The highest BCUT2D eigenvalue weighted by atomic mass is 32.1. The molecule has 0 radical (unpaired) electrons. The van der Waals surface area contributed by atoms with Crippen LogP contribution in [0.15, 0.2) is 41.9 Å². The number of piperidine rings is 1. The molecule has 3 rings (SSSR count). The van der Waals surface area contributed by atoms with Crippen LogP contribution in [0.4, 0.5) is 5.82 Å². The molecule has 0 bridgehead atoms. The summed E-state index contributed by atoms with van der Waals surface area (Å²) in [5.74, 6) is 0.932. The van der Waals surface area contributed by atoms with Crippen molar-refractivity contribution in [1.82, 2.24) is 10.3 Å². The molecule has 0 saturated carbocycles. The van der Waals surface area contributed by atoms with Crippen molar-refractivity contribution in [3.63, 3.8) is 0 Å². The summed E-state index contributed by atoms with van der Waals surface area (Å²) < 4.78 is 0. The van der Waals surface area contributed by atoms with Crippen molar-refractivity contribution in [2.75, 3.05) is 18.0 Å². The smallest absolute Gasteiger partial charge is 0.244 e. The van der Waals surface area contributed by atoms with Gasteiger partial charge in [-0.3, -0.25) is 4.79 Å². The molecule has 1 saturated heterocycles. The lowest BCUT2D eigenvalue weighted by molar-refractivity contribution is -0.116. The van der Waals surface area contributed by atoms with E-state index >= 15 is 0 Å². The Morgan fingerprint density at radius 2 is 2.13 bits per heavy atom. The highest BCUT2D eigenvalue weighted by Gasteiger charge is 2.15. The van der Waals surface area contributed by atoms with Gasteiger partial charge in [0.25, 0.3) is 0 Å². The zero-order valence-corrected chi connectivity index (χ0v) is 13.9. The van der Waals surface area contributed by atoms with Gasteiger partial charge in [-0.25, -0.2) is 4.98 Å². The molecule has 0 aromatic carbocycles.